The monoisotopic (exact) mass is 295 g/mol. The smallest absolute Gasteiger partial charge is 0.195 e. The Bertz CT molecular complexity index is 778. The first-order valence-corrected chi connectivity index (χ1v) is 7.39. The maximum Gasteiger partial charge on any atom is 0.195 e. The number of rotatable bonds is 3. The zero-order valence-corrected chi connectivity index (χ0v) is 12.4. The Morgan fingerprint density at radius 3 is 3.05 bits per heavy atom. The molecule has 0 radical (unpaired) electrons. The SMILES string of the molecule is Cc1cnc(CN2CCc3nc(-c4ccco4)ncc3C2)[nH]1. The molecular formula is C16H17N5O. The number of aromatic nitrogens is 4. The summed E-state index contributed by atoms with van der Waals surface area (Å²) in [4.78, 5) is 19.1. The maximum atomic E-state index is 5.37. The number of nitrogens with one attached hydrogen (secondary N) is 1. The van der Waals surface area contributed by atoms with Gasteiger partial charge in [0.2, 0.25) is 0 Å². The molecule has 3 aromatic rings. The average molecular weight is 295 g/mol. The van der Waals surface area contributed by atoms with Crippen molar-refractivity contribution < 1.29 is 4.42 Å². The largest absolute Gasteiger partial charge is 0.461 e. The van der Waals surface area contributed by atoms with Gasteiger partial charge in [-0.1, -0.05) is 0 Å². The number of furan rings is 1. The zero-order valence-electron chi connectivity index (χ0n) is 12.4. The summed E-state index contributed by atoms with van der Waals surface area (Å²) < 4.78 is 5.37. The number of hydrogen-bond acceptors (Lipinski definition) is 5. The lowest BCUT2D eigenvalue weighted by atomic mass is 10.1. The van der Waals surface area contributed by atoms with E-state index in [-0.39, 0.29) is 0 Å². The molecule has 1 aliphatic heterocycles. The van der Waals surface area contributed by atoms with Crippen molar-refractivity contribution in [3.05, 3.63) is 53.6 Å². The Labute approximate surface area is 128 Å². The van der Waals surface area contributed by atoms with Crippen molar-refractivity contribution in [1.82, 2.24) is 24.8 Å². The van der Waals surface area contributed by atoms with Crippen molar-refractivity contribution in [2.75, 3.05) is 6.54 Å². The van der Waals surface area contributed by atoms with Gasteiger partial charge in [0, 0.05) is 43.2 Å². The van der Waals surface area contributed by atoms with Gasteiger partial charge in [-0.2, -0.15) is 0 Å². The van der Waals surface area contributed by atoms with Crippen molar-refractivity contribution in [1.29, 1.82) is 0 Å². The molecule has 3 aromatic heterocycles. The molecule has 0 fully saturated rings. The van der Waals surface area contributed by atoms with Gasteiger partial charge in [0.1, 0.15) is 5.82 Å². The van der Waals surface area contributed by atoms with E-state index in [1.807, 2.05) is 31.5 Å². The molecule has 0 atom stereocenters. The molecule has 1 aliphatic rings. The summed E-state index contributed by atoms with van der Waals surface area (Å²) in [7, 11) is 0. The molecule has 0 amide bonds. The van der Waals surface area contributed by atoms with Crippen LogP contribution in [-0.2, 0) is 19.5 Å². The van der Waals surface area contributed by atoms with Crippen molar-refractivity contribution >= 4 is 0 Å². The van der Waals surface area contributed by atoms with Crippen LogP contribution in [0.2, 0.25) is 0 Å². The topological polar surface area (TPSA) is 70.8 Å². The molecule has 0 unspecified atom stereocenters. The molecule has 6 heteroatoms. The van der Waals surface area contributed by atoms with E-state index in [4.69, 9.17) is 4.42 Å². The number of H-pyrrole nitrogens is 1. The fraction of sp³-hybridized carbons (Fsp3) is 0.312. The van der Waals surface area contributed by atoms with Crippen LogP contribution in [0.25, 0.3) is 11.6 Å². The molecule has 0 spiro atoms. The fourth-order valence-corrected chi connectivity index (χ4v) is 2.79. The summed E-state index contributed by atoms with van der Waals surface area (Å²) in [5, 5.41) is 0. The Morgan fingerprint density at radius 2 is 2.27 bits per heavy atom. The van der Waals surface area contributed by atoms with Crippen molar-refractivity contribution in [2.24, 2.45) is 0 Å². The Morgan fingerprint density at radius 1 is 1.32 bits per heavy atom. The number of fused-ring (bicyclic) bond motifs is 1. The van der Waals surface area contributed by atoms with Crippen molar-refractivity contribution in [3.8, 4) is 11.6 Å². The predicted molar refractivity (Wildman–Crippen MR) is 80.9 cm³/mol. The first-order chi connectivity index (χ1) is 10.8. The van der Waals surface area contributed by atoms with Crippen LogP contribution in [0.3, 0.4) is 0 Å². The third-order valence-corrected chi connectivity index (χ3v) is 3.88. The first kappa shape index (κ1) is 13.2. The lowest BCUT2D eigenvalue weighted by Gasteiger charge is -2.27. The molecule has 0 aromatic carbocycles. The molecule has 6 nitrogen and oxygen atoms in total. The third kappa shape index (κ3) is 2.53. The summed E-state index contributed by atoms with van der Waals surface area (Å²) in [5.41, 5.74) is 3.40. The molecule has 4 heterocycles. The highest BCUT2D eigenvalue weighted by Crippen LogP contribution is 2.21. The van der Waals surface area contributed by atoms with Crippen LogP contribution in [0.5, 0.6) is 0 Å². The Kier molecular flexibility index (Phi) is 3.23. The number of aryl methyl sites for hydroxylation is 1. The third-order valence-electron chi connectivity index (χ3n) is 3.88. The van der Waals surface area contributed by atoms with Gasteiger partial charge in [0.15, 0.2) is 11.6 Å². The Hall–Kier alpha value is -2.47. The summed E-state index contributed by atoms with van der Waals surface area (Å²) in [5.74, 6) is 2.39. The van der Waals surface area contributed by atoms with Crippen LogP contribution in [0.4, 0.5) is 0 Å². The molecule has 22 heavy (non-hydrogen) atoms. The predicted octanol–water partition coefficient (Wildman–Crippen LogP) is 2.33. The van der Waals surface area contributed by atoms with Gasteiger partial charge >= 0.3 is 0 Å². The van der Waals surface area contributed by atoms with Crippen molar-refractivity contribution in [3.63, 3.8) is 0 Å². The van der Waals surface area contributed by atoms with E-state index in [1.54, 1.807) is 6.26 Å². The standard InChI is InChI=1S/C16H17N5O/c1-11-7-17-15(19-11)10-21-5-4-13-12(9-21)8-18-16(20-13)14-3-2-6-22-14/h2-3,6-8H,4-5,9-10H2,1H3,(H,17,19). The fourth-order valence-electron chi connectivity index (χ4n) is 2.79. The van der Waals surface area contributed by atoms with E-state index >= 15 is 0 Å². The minimum Gasteiger partial charge on any atom is -0.461 e. The van der Waals surface area contributed by atoms with E-state index < -0.39 is 0 Å². The molecule has 1 N–H and O–H groups in total. The Balaban J connectivity index is 1.52. The maximum absolute atomic E-state index is 5.37. The van der Waals surface area contributed by atoms with Crippen molar-refractivity contribution in [2.45, 2.75) is 26.4 Å². The molecular weight excluding hydrogens is 278 g/mol. The number of nitrogens with zero attached hydrogens (tertiary/aromatic N) is 4. The van der Waals surface area contributed by atoms with Crippen LogP contribution < -0.4 is 0 Å². The van der Waals surface area contributed by atoms with Gasteiger partial charge in [0.25, 0.3) is 0 Å². The summed E-state index contributed by atoms with van der Waals surface area (Å²) in [6.07, 6.45) is 6.35. The number of imidazole rings is 1. The van der Waals surface area contributed by atoms with Gasteiger partial charge in [-0.25, -0.2) is 15.0 Å². The quantitative estimate of drug-likeness (QED) is 0.803. The van der Waals surface area contributed by atoms with Gasteiger partial charge < -0.3 is 9.40 Å². The van der Waals surface area contributed by atoms with E-state index in [1.165, 1.54) is 5.56 Å². The molecule has 0 aliphatic carbocycles. The highest BCUT2D eigenvalue weighted by molar-refractivity contribution is 5.46. The van der Waals surface area contributed by atoms with Crippen LogP contribution in [0.1, 0.15) is 22.8 Å². The van der Waals surface area contributed by atoms with Gasteiger partial charge in [-0.05, 0) is 19.1 Å². The van der Waals surface area contributed by atoms with Gasteiger partial charge in [0.05, 0.1) is 18.5 Å². The lowest BCUT2D eigenvalue weighted by Crippen LogP contribution is -2.31. The van der Waals surface area contributed by atoms with Crippen LogP contribution >= 0.6 is 0 Å². The normalized spacial score (nSPS) is 15.0. The summed E-state index contributed by atoms with van der Waals surface area (Å²) in [6.45, 7) is 4.67. The second-order valence-corrected chi connectivity index (χ2v) is 5.62. The van der Waals surface area contributed by atoms with E-state index in [0.29, 0.717) is 5.82 Å². The van der Waals surface area contributed by atoms with E-state index in [9.17, 15) is 0 Å². The summed E-state index contributed by atoms with van der Waals surface area (Å²) >= 11 is 0. The van der Waals surface area contributed by atoms with Crippen LogP contribution in [-0.4, -0.2) is 31.4 Å². The van der Waals surface area contributed by atoms with E-state index in [0.717, 1.165) is 49.0 Å². The highest BCUT2D eigenvalue weighted by Gasteiger charge is 2.20. The molecule has 0 bridgehead atoms. The van der Waals surface area contributed by atoms with Gasteiger partial charge in [-0.3, -0.25) is 4.90 Å². The molecule has 0 saturated heterocycles. The number of hydrogen-bond donors (Lipinski definition) is 1. The van der Waals surface area contributed by atoms with Crippen LogP contribution in [0.15, 0.2) is 35.2 Å². The van der Waals surface area contributed by atoms with Crippen LogP contribution in [0, 0.1) is 6.92 Å². The van der Waals surface area contributed by atoms with E-state index in [2.05, 4.69) is 24.8 Å². The minimum absolute atomic E-state index is 0.666. The summed E-state index contributed by atoms with van der Waals surface area (Å²) in [6, 6.07) is 3.74. The molecule has 0 saturated carbocycles. The second-order valence-electron chi connectivity index (χ2n) is 5.62. The first-order valence-electron chi connectivity index (χ1n) is 7.39. The zero-order chi connectivity index (χ0) is 14.9. The lowest BCUT2D eigenvalue weighted by molar-refractivity contribution is 0.237. The highest BCUT2D eigenvalue weighted by atomic mass is 16.3. The number of aromatic amines is 1. The minimum atomic E-state index is 0.666. The average Bonchev–Trinajstić information content (AvgIpc) is 3.19. The second kappa shape index (κ2) is 5.38. The molecule has 112 valence electrons. The molecule has 4 rings (SSSR count). The van der Waals surface area contributed by atoms with Gasteiger partial charge in [-0.15, -0.1) is 0 Å².